The van der Waals surface area contributed by atoms with Crippen molar-refractivity contribution in [2.24, 2.45) is 5.92 Å². The number of hydrogen-bond donors (Lipinski definition) is 0. The molecule has 3 rings (SSSR count). The maximum absolute atomic E-state index is 12.4. The van der Waals surface area contributed by atoms with E-state index < -0.39 is 0 Å². The summed E-state index contributed by atoms with van der Waals surface area (Å²) in [5, 5.41) is 0. The summed E-state index contributed by atoms with van der Waals surface area (Å²) >= 11 is 0. The van der Waals surface area contributed by atoms with Crippen LogP contribution in [0.1, 0.15) is 48.4 Å². The molecule has 0 aliphatic carbocycles. The molecule has 5 nitrogen and oxygen atoms in total. The predicted molar refractivity (Wildman–Crippen MR) is 94.1 cm³/mol. The maximum atomic E-state index is 12.4. The Morgan fingerprint density at radius 3 is 2.60 bits per heavy atom. The molecule has 1 aliphatic rings. The third kappa shape index (κ3) is 5.02. The van der Waals surface area contributed by atoms with Gasteiger partial charge in [-0.1, -0.05) is 30.3 Å². The zero-order valence-corrected chi connectivity index (χ0v) is 14.4. The summed E-state index contributed by atoms with van der Waals surface area (Å²) in [4.78, 5) is 30.1. The second kappa shape index (κ2) is 8.60. The fourth-order valence-electron chi connectivity index (χ4n) is 3.37. The molecule has 0 N–H and O–H groups in total. The second-order valence-corrected chi connectivity index (χ2v) is 6.64. The van der Waals surface area contributed by atoms with E-state index in [-0.39, 0.29) is 17.6 Å². The first-order valence-corrected chi connectivity index (χ1v) is 8.97. The van der Waals surface area contributed by atoms with E-state index in [0.29, 0.717) is 18.8 Å². The summed E-state index contributed by atoms with van der Waals surface area (Å²) in [6, 6.07) is 9.89. The van der Waals surface area contributed by atoms with Gasteiger partial charge in [0, 0.05) is 19.5 Å². The van der Waals surface area contributed by atoms with Crippen molar-refractivity contribution in [3.63, 3.8) is 0 Å². The number of benzene rings is 1. The Labute approximate surface area is 148 Å². The number of ketones is 1. The Hall–Kier alpha value is -2.43. The molecule has 1 amide bonds. The number of Topliss-reactive ketones (excluding diaryl/α,β-unsaturated/α-hetero) is 1. The standard InChI is InChI=1S/C20H24N2O3/c23-18(20-21-11-14-25-20)8-4-7-16-9-12-22(13-10-16)19(24)15-17-5-2-1-3-6-17/h1-3,5-6,11,14,16H,4,7-10,12-13,15H2. The lowest BCUT2D eigenvalue weighted by molar-refractivity contribution is -0.131. The lowest BCUT2D eigenvalue weighted by Crippen LogP contribution is -2.39. The van der Waals surface area contributed by atoms with Crippen LogP contribution in [0.25, 0.3) is 0 Å². The van der Waals surface area contributed by atoms with Gasteiger partial charge in [-0.2, -0.15) is 0 Å². The highest BCUT2D eigenvalue weighted by molar-refractivity contribution is 5.91. The highest BCUT2D eigenvalue weighted by atomic mass is 16.3. The largest absolute Gasteiger partial charge is 0.442 e. The molecule has 0 saturated carbocycles. The smallest absolute Gasteiger partial charge is 0.263 e. The molecule has 132 valence electrons. The van der Waals surface area contributed by atoms with Gasteiger partial charge in [0.2, 0.25) is 11.7 Å². The molecule has 0 unspecified atom stereocenters. The first-order valence-electron chi connectivity index (χ1n) is 8.97. The fourth-order valence-corrected chi connectivity index (χ4v) is 3.37. The number of piperidine rings is 1. The molecule has 1 fully saturated rings. The van der Waals surface area contributed by atoms with E-state index in [0.717, 1.165) is 44.3 Å². The summed E-state index contributed by atoms with van der Waals surface area (Å²) in [5.74, 6) is 0.989. The number of amides is 1. The van der Waals surface area contributed by atoms with Crippen LogP contribution in [0.3, 0.4) is 0 Å². The van der Waals surface area contributed by atoms with E-state index in [2.05, 4.69) is 4.98 Å². The van der Waals surface area contributed by atoms with E-state index >= 15 is 0 Å². The van der Waals surface area contributed by atoms with Crippen molar-refractivity contribution >= 4 is 11.7 Å². The number of aromatic nitrogens is 1. The van der Waals surface area contributed by atoms with Crippen LogP contribution in [0, 0.1) is 5.92 Å². The molecule has 5 heteroatoms. The molecule has 0 bridgehead atoms. The Bertz CT molecular complexity index is 674. The summed E-state index contributed by atoms with van der Waals surface area (Å²) < 4.78 is 5.02. The van der Waals surface area contributed by atoms with E-state index in [1.54, 1.807) is 0 Å². The minimum Gasteiger partial charge on any atom is -0.442 e. The normalized spacial score (nSPS) is 15.3. The van der Waals surface area contributed by atoms with Crippen LogP contribution in [-0.2, 0) is 11.2 Å². The average molecular weight is 340 g/mol. The van der Waals surface area contributed by atoms with Gasteiger partial charge in [-0.25, -0.2) is 4.98 Å². The number of carbonyl (C=O) groups is 2. The molecule has 1 aromatic carbocycles. The molecule has 0 spiro atoms. The molecule has 25 heavy (non-hydrogen) atoms. The molecule has 0 atom stereocenters. The van der Waals surface area contributed by atoms with Crippen molar-refractivity contribution in [2.45, 2.75) is 38.5 Å². The molecular weight excluding hydrogens is 316 g/mol. The van der Waals surface area contributed by atoms with Crippen LogP contribution in [0.2, 0.25) is 0 Å². The minimum atomic E-state index is -0.0273. The van der Waals surface area contributed by atoms with Gasteiger partial charge in [-0.3, -0.25) is 9.59 Å². The molecule has 1 aliphatic heterocycles. The predicted octanol–water partition coefficient (Wildman–Crippen LogP) is 3.51. The molecule has 2 heterocycles. The number of nitrogens with zero attached hydrogens (tertiary/aromatic N) is 2. The minimum absolute atomic E-state index is 0.0273. The Kier molecular flexibility index (Phi) is 5.99. The Balaban J connectivity index is 1.35. The fraction of sp³-hybridized carbons (Fsp3) is 0.450. The van der Waals surface area contributed by atoms with Gasteiger partial charge in [0.15, 0.2) is 0 Å². The van der Waals surface area contributed by atoms with E-state index in [4.69, 9.17) is 4.42 Å². The van der Waals surface area contributed by atoms with Gasteiger partial charge in [-0.05, 0) is 37.2 Å². The summed E-state index contributed by atoms with van der Waals surface area (Å²) in [7, 11) is 0. The Morgan fingerprint density at radius 1 is 1.16 bits per heavy atom. The van der Waals surface area contributed by atoms with E-state index in [1.807, 2.05) is 35.2 Å². The number of oxazole rings is 1. The van der Waals surface area contributed by atoms with Gasteiger partial charge < -0.3 is 9.32 Å². The summed E-state index contributed by atoms with van der Waals surface area (Å²) in [6.45, 7) is 1.65. The zero-order chi connectivity index (χ0) is 17.5. The number of hydrogen-bond acceptors (Lipinski definition) is 4. The summed E-state index contributed by atoms with van der Waals surface area (Å²) in [6.07, 6.45) is 7.80. The van der Waals surface area contributed by atoms with E-state index in [9.17, 15) is 9.59 Å². The Morgan fingerprint density at radius 2 is 1.92 bits per heavy atom. The lowest BCUT2D eigenvalue weighted by Gasteiger charge is -2.32. The molecular formula is C20H24N2O3. The van der Waals surface area contributed by atoms with Crippen LogP contribution in [0.5, 0.6) is 0 Å². The molecule has 1 saturated heterocycles. The molecule has 0 radical (unpaired) electrons. The van der Waals surface area contributed by atoms with Gasteiger partial charge in [-0.15, -0.1) is 0 Å². The quantitative estimate of drug-likeness (QED) is 0.724. The second-order valence-electron chi connectivity index (χ2n) is 6.64. The first kappa shape index (κ1) is 17.4. The monoisotopic (exact) mass is 340 g/mol. The topological polar surface area (TPSA) is 63.4 Å². The third-order valence-electron chi connectivity index (χ3n) is 4.85. The van der Waals surface area contributed by atoms with Crippen LogP contribution in [0.15, 0.2) is 47.2 Å². The van der Waals surface area contributed by atoms with E-state index in [1.165, 1.54) is 12.5 Å². The van der Waals surface area contributed by atoms with Crippen LogP contribution in [-0.4, -0.2) is 34.7 Å². The molecule has 2 aromatic rings. The highest BCUT2D eigenvalue weighted by Crippen LogP contribution is 2.23. The van der Waals surface area contributed by atoms with Gasteiger partial charge in [0.05, 0.1) is 12.6 Å². The third-order valence-corrected chi connectivity index (χ3v) is 4.85. The van der Waals surface area contributed by atoms with Gasteiger partial charge in [0.25, 0.3) is 5.89 Å². The first-order chi connectivity index (χ1) is 12.2. The number of rotatable bonds is 7. The van der Waals surface area contributed by atoms with Crippen LogP contribution < -0.4 is 0 Å². The van der Waals surface area contributed by atoms with Gasteiger partial charge in [0.1, 0.15) is 6.26 Å². The number of carbonyl (C=O) groups excluding carboxylic acids is 2. The van der Waals surface area contributed by atoms with Crippen molar-refractivity contribution in [2.75, 3.05) is 13.1 Å². The van der Waals surface area contributed by atoms with Crippen molar-refractivity contribution in [1.82, 2.24) is 9.88 Å². The van der Waals surface area contributed by atoms with Gasteiger partial charge >= 0.3 is 0 Å². The lowest BCUT2D eigenvalue weighted by atomic mass is 9.91. The zero-order valence-electron chi connectivity index (χ0n) is 14.4. The SMILES string of the molecule is O=C(CCCC1CCN(C(=O)Cc2ccccc2)CC1)c1ncco1. The highest BCUT2D eigenvalue weighted by Gasteiger charge is 2.23. The van der Waals surface area contributed by atoms with Crippen LogP contribution in [0.4, 0.5) is 0 Å². The van der Waals surface area contributed by atoms with Crippen LogP contribution >= 0.6 is 0 Å². The average Bonchev–Trinajstić information content (AvgIpc) is 3.18. The van der Waals surface area contributed by atoms with Crippen molar-refractivity contribution in [3.8, 4) is 0 Å². The maximum Gasteiger partial charge on any atom is 0.263 e. The van der Waals surface area contributed by atoms with Crippen molar-refractivity contribution in [3.05, 3.63) is 54.2 Å². The number of likely N-dealkylation sites (tertiary alicyclic amines) is 1. The summed E-state index contributed by atoms with van der Waals surface area (Å²) in [5.41, 5.74) is 1.07. The molecule has 1 aromatic heterocycles. The van der Waals surface area contributed by atoms with Crippen molar-refractivity contribution < 1.29 is 14.0 Å². The van der Waals surface area contributed by atoms with Crippen molar-refractivity contribution in [1.29, 1.82) is 0 Å².